The van der Waals surface area contributed by atoms with E-state index in [0.717, 1.165) is 22.2 Å². The van der Waals surface area contributed by atoms with Gasteiger partial charge in [0, 0.05) is 17.3 Å². The van der Waals surface area contributed by atoms with Crippen molar-refractivity contribution in [1.29, 1.82) is 0 Å². The normalized spacial score (nSPS) is 11.6. The van der Waals surface area contributed by atoms with Crippen LogP contribution in [0.2, 0.25) is 0 Å². The summed E-state index contributed by atoms with van der Waals surface area (Å²) in [6.07, 6.45) is 5.47. The third-order valence-electron chi connectivity index (χ3n) is 4.26. The maximum Gasteiger partial charge on any atom is 0.221 e. The Labute approximate surface area is 150 Å². The molecular formula is C20H18FN5. The second kappa shape index (κ2) is 6.48. The molecule has 0 unspecified atom stereocenters. The number of aromatic nitrogens is 3. The molecule has 0 radical (unpaired) electrons. The molecule has 2 aromatic heterocycles. The Morgan fingerprint density at radius 1 is 1.19 bits per heavy atom. The predicted molar refractivity (Wildman–Crippen MR) is 102 cm³/mol. The first kappa shape index (κ1) is 16.1. The molecule has 4 rings (SSSR count). The van der Waals surface area contributed by atoms with Gasteiger partial charge in [0.1, 0.15) is 5.82 Å². The van der Waals surface area contributed by atoms with Gasteiger partial charge in [0.05, 0.1) is 24.7 Å². The fourth-order valence-corrected chi connectivity index (χ4v) is 2.95. The van der Waals surface area contributed by atoms with Gasteiger partial charge in [-0.15, -0.1) is 0 Å². The molecule has 6 heteroatoms. The number of anilines is 1. The first-order chi connectivity index (χ1) is 12.6. The zero-order valence-corrected chi connectivity index (χ0v) is 14.3. The summed E-state index contributed by atoms with van der Waals surface area (Å²) in [6, 6.07) is 14.9. The number of benzene rings is 2. The van der Waals surface area contributed by atoms with Crippen LogP contribution in [-0.4, -0.2) is 20.4 Å². The largest absolute Gasteiger partial charge is 0.368 e. The molecule has 0 amide bonds. The van der Waals surface area contributed by atoms with Crippen molar-refractivity contribution in [1.82, 2.24) is 14.2 Å². The van der Waals surface area contributed by atoms with Crippen LogP contribution in [0.25, 0.3) is 10.9 Å². The van der Waals surface area contributed by atoms with Crippen LogP contribution >= 0.6 is 0 Å². The van der Waals surface area contributed by atoms with E-state index in [9.17, 15) is 4.39 Å². The zero-order chi connectivity index (χ0) is 18.1. The van der Waals surface area contributed by atoms with Crippen LogP contribution in [-0.2, 0) is 6.54 Å². The van der Waals surface area contributed by atoms with Gasteiger partial charge in [0.25, 0.3) is 0 Å². The standard InChI is InChI=1S/C20H18FN5/c1-14-12-26(20(22)24-14)23-11-15-6-7-16-8-9-25(19(16)10-15)13-17-4-2-3-5-18(17)21/h2-12H,13H2,1H3,(H2,22,24). The van der Waals surface area contributed by atoms with E-state index in [0.29, 0.717) is 18.1 Å². The number of halogens is 1. The lowest BCUT2D eigenvalue weighted by atomic mass is 10.1. The average Bonchev–Trinajstić information content (AvgIpc) is 3.17. The van der Waals surface area contributed by atoms with Gasteiger partial charge in [-0.25, -0.2) is 14.1 Å². The molecule has 0 fully saturated rings. The van der Waals surface area contributed by atoms with E-state index in [4.69, 9.17) is 5.73 Å². The molecule has 0 aliphatic rings. The van der Waals surface area contributed by atoms with Crippen molar-refractivity contribution >= 4 is 23.1 Å². The third kappa shape index (κ3) is 3.09. The summed E-state index contributed by atoms with van der Waals surface area (Å²) in [5, 5.41) is 5.44. The van der Waals surface area contributed by atoms with Crippen LogP contribution in [0.15, 0.2) is 66.0 Å². The van der Waals surface area contributed by atoms with Crippen molar-refractivity contribution in [2.24, 2.45) is 5.10 Å². The highest BCUT2D eigenvalue weighted by atomic mass is 19.1. The summed E-state index contributed by atoms with van der Waals surface area (Å²) in [4.78, 5) is 4.12. The molecule has 26 heavy (non-hydrogen) atoms. The molecule has 130 valence electrons. The van der Waals surface area contributed by atoms with Gasteiger partial charge in [-0.1, -0.05) is 30.3 Å². The Morgan fingerprint density at radius 3 is 2.81 bits per heavy atom. The van der Waals surface area contributed by atoms with E-state index in [1.165, 1.54) is 10.7 Å². The summed E-state index contributed by atoms with van der Waals surface area (Å²) in [5.41, 5.74) is 9.22. The van der Waals surface area contributed by atoms with Gasteiger partial charge in [-0.2, -0.15) is 5.10 Å². The van der Waals surface area contributed by atoms with Gasteiger partial charge in [-0.3, -0.25) is 0 Å². The van der Waals surface area contributed by atoms with Gasteiger partial charge in [0.2, 0.25) is 5.95 Å². The van der Waals surface area contributed by atoms with E-state index in [1.54, 1.807) is 24.5 Å². The van der Waals surface area contributed by atoms with Gasteiger partial charge >= 0.3 is 0 Å². The lowest BCUT2D eigenvalue weighted by Crippen LogP contribution is -2.00. The number of rotatable bonds is 4. The Balaban J connectivity index is 1.66. The summed E-state index contributed by atoms with van der Waals surface area (Å²) < 4.78 is 17.5. The van der Waals surface area contributed by atoms with E-state index >= 15 is 0 Å². The number of hydrogen-bond donors (Lipinski definition) is 1. The molecule has 2 N–H and O–H groups in total. The van der Waals surface area contributed by atoms with Crippen LogP contribution in [0.3, 0.4) is 0 Å². The molecule has 0 aliphatic carbocycles. The van der Waals surface area contributed by atoms with E-state index < -0.39 is 0 Å². The molecule has 2 heterocycles. The Bertz CT molecular complexity index is 1110. The highest BCUT2D eigenvalue weighted by Crippen LogP contribution is 2.19. The smallest absolute Gasteiger partial charge is 0.221 e. The maximum absolute atomic E-state index is 14.0. The first-order valence-corrected chi connectivity index (χ1v) is 8.28. The molecule has 5 nitrogen and oxygen atoms in total. The molecule has 2 aromatic carbocycles. The highest BCUT2D eigenvalue weighted by Gasteiger charge is 2.06. The fourth-order valence-electron chi connectivity index (χ4n) is 2.95. The van der Waals surface area contributed by atoms with Gasteiger partial charge in [0.15, 0.2) is 0 Å². The predicted octanol–water partition coefficient (Wildman–Crippen LogP) is 3.80. The minimum Gasteiger partial charge on any atom is -0.368 e. The van der Waals surface area contributed by atoms with Crippen LogP contribution in [0, 0.1) is 12.7 Å². The van der Waals surface area contributed by atoms with Crippen molar-refractivity contribution in [3.8, 4) is 0 Å². The SMILES string of the molecule is Cc1cn(N=Cc2ccc3ccn(Cc4ccccc4F)c3c2)c(N)n1. The maximum atomic E-state index is 14.0. The van der Waals surface area contributed by atoms with Crippen molar-refractivity contribution in [2.75, 3.05) is 5.73 Å². The monoisotopic (exact) mass is 347 g/mol. The number of hydrogen-bond acceptors (Lipinski definition) is 3. The topological polar surface area (TPSA) is 61.1 Å². The summed E-state index contributed by atoms with van der Waals surface area (Å²) in [6.45, 7) is 2.34. The Morgan fingerprint density at radius 2 is 2.04 bits per heavy atom. The molecule has 0 spiro atoms. The second-order valence-electron chi connectivity index (χ2n) is 6.18. The van der Waals surface area contributed by atoms with E-state index in [2.05, 4.69) is 10.1 Å². The molecule has 0 aliphatic heterocycles. The van der Waals surface area contributed by atoms with Crippen molar-refractivity contribution in [2.45, 2.75) is 13.5 Å². The molecular weight excluding hydrogens is 329 g/mol. The van der Waals surface area contributed by atoms with E-state index in [1.807, 2.05) is 48.0 Å². The van der Waals surface area contributed by atoms with E-state index in [-0.39, 0.29) is 5.82 Å². The van der Waals surface area contributed by atoms with Crippen molar-refractivity contribution in [3.05, 3.63) is 83.6 Å². The Kier molecular flexibility index (Phi) is 4.01. The fraction of sp³-hybridized carbons (Fsp3) is 0.100. The van der Waals surface area contributed by atoms with Crippen LogP contribution < -0.4 is 5.73 Å². The van der Waals surface area contributed by atoms with Crippen LogP contribution in [0.1, 0.15) is 16.8 Å². The molecule has 0 saturated carbocycles. The lowest BCUT2D eigenvalue weighted by molar-refractivity contribution is 0.602. The van der Waals surface area contributed by atoms with Crippen LogP contribution in [0.4, 0.5) is 10.3 Å². The third-order valence-corrected chi connectivity index (χ3v) is 4.26. The average molecular weight is 347 g/mol. The summed E-state index contributed by atoms with van der Waals surface area (Å²) in [5.74, 6) is 0.153. The van der Waals surface area contributed by atoms with Crippen molar-refractivity contribution < 1.29 is 4.39 Å². The van der Waals surface area contributed by atoms with Crippen molar-refractivity contribution in [3.63, 3.8) is 0 Å². The second-order valence-corrected chi connectivity index (χ2v) is 6.18. The molecule has 4 aromatic rings. The first-order valence-electron chi connectivity index (χ1n) is 8.28. The molecule has 0 saturated heterocycles. The summed E-state index contributed by atoms with van der Waals surface area (Å²) in [7, 11) is 0. The van der Waals surface area contributed by atoms with Crippen LogP contribution in [0.5, 0.6) is 0 Å². The number of imidazole rings is 1. The lowest BCUT2D eigenvalue weighted by Gasteiger charge is -2.07. The number of nitrogens with two attached hydrogens (primary N) is 1. The molecule has 0 bridgehead atoms. The number of nitrogens with zero attached hydrogens (tertiary/aromatic N) is 4. The quantitative estimate of drug-likeness (QED) is 0.571. The zero-order valence-electron chi connectivity index (χ0n) is 14.3. The number of fused-ring (bicyclic) bond motifs is 1. The van der Waals surface area contributed by atoms with Gasteiger partial charge < -0.3 is 10.3 Å². The molecule has 0 atom stereocenters. The minimum absolute atomic E-state index is 0.196. The summed E-state index contributed by atoms with van der Waals surface area (Å²) >= 11 is 0. The Hall–Kier alpha value is -3.41. The highest BCUT2D eigenvalue weighted by molar-refractivity contribution is 5.89. The minimum atomic E-state index is -0.196. The number of aryl methyl sites for hydroxylation is 1. The van der Waals surface area contributed by atoms with Gasteiger partial charge in [-0.05, 0) is 36.1 Å². The number of nitrogen functional groups attached to an aromatic ring is 1.